The van der Waals surface area contributed by atoms with E-state index in [-0.39, 0.29) is 12.6 Å². The lowest BCUT2D eigenvalue weighted by Crippen LogP contribution is -2.28. The highest BCUT2D eigenvalue weighted by atomic mass is 19.1. The zero-order chi connectivity index (χ0) is 19.8. The van der Waals surface area contributed by atoms with E-state index < -0.39 is 24.3 Å². The number of ether oxygens (including phenoxy) is 3. The molecule has 1 heterocycles. The first-order valence-electron chi connectivity index (χ1n) is 9.13. The number of rotatable bonds is 8. The Morgan fingerprint density at radius 2 is 1.93 bits per heavy atom. The number of nitrogens with one attached hydrogen (secondary N) is 1. The second kappa shape index (κ2) is 9.85. The normalized spacial score (nSPS) is 15.8. The van der Waals surface area contributed by atoms with Crippen molar-refractivity contribution < 1.29 is 28.2 Å². The molecule has 1 aliphatic heterocycles. The maximum Gasteiger partial charge on any atom is 0.338 e. The van der Waals surface area contributed by atoms with Crippen LogP contribution in [0.15, 0.2) is 48.5 Å². The van der Waals surface area contributed by atoms with Gasteiger partial charge < -0.3 is 19.5 Å². The van der Waals surface area contributed by atoms with E-state index in [0.717, 1.165) is 19.4 Å². The second-order valence-electron chi connectivity index (χ2n) is 6.41. The lowest BCUT2D eigenvalue weighted by molar-refractivity contribution is -0.124. The van der Waals surface area contributed by atoms with E-state index >= 15 is 0 Å². The summed E-state index contributed by atoms with van der Waals surface area (Å²) in [4.78, 5) is 23.8. The summed E-state index contributed by atoms with van der Waals surface area (Å²) >= 11 is 0. The van der Waals surface area contributed by atoms with Crippen LogP contribution in [0.5, 0.6) is 5.75 Å². The fourth-order valence-electron chi connectivity index (χ4n) is 2.75. The Kier molecular flexibility index (Phi) is 6.97. The highest BCUT2D eigenvalue weighted by Gasteiger charge is 2.16. The number of esters is 1. The topological polar surface area (TPSA) is 73.9 Å². The molecule has 2 aromatic carbocycles. The molecule has 1 aliphatic rings. The van der Waals surface area contributed by atoms with Crippen molar-refractivity contribution in [2.45, 2.75) is 25.5 Å². The van der Waals surface area contributed by atoms with E-state index in [4.69, 9.17) is 14.2 Å². The van der Waals surface area contributed by atoms with Crippen LogP contribution in [-0.2, 0) is 20.8 Å². The van der Waals surface area contributed by atoms with Crippen molar-refractivity contribution in [2.75, 3.05) is 19.8 Å². The summed E-state index contributed by atoms with van der Waals surface area (Å²) in [6, 6.07) is 12.6. The summed E-state index contributed by atoms with van der Waals surface area (Å²) in [6.45, 7) is 0.836. The summed E-state index contributed by atoms with van der Waals surface area (Å²) in [5, 5.41) is 2.51. The summed E-state index contributed by atoms with van der Waals surface area (Å²) < 4.78 is 29.6. The number of benzene rings is 2. The van der Waals surface area contributed by atoms with E-state index in [9.17, 15) is 14.0 Å². The van der Waals surface area contributed by atoms with Crippen molar-refractivity contribution >= 4 is 11.9 Å². The Bertz CT molecular complexity index is 803. The molecule has 2 aromatic rings. The van der Waals surface area contributed by atoms with Crippen LogP contribution in [0.1, 0.15) is 28.8 Å². The Labute approximate surface area is 162 Å². The molecule has 7 heteroatoms. The van der Waals surface area contributed by atoms with Crippen LogP contribution in [0.4, 0.5) is 4.39 Å². The van der Waals surface area contributed by atoms with Crippen LogP contribution in [-0.4, -0.2) is 37.8 Å². The van der Waals surface area contributed by atoms with E-state index in [0.29, 0.717) is 23.5 Å². The number of halogens is 1. The molecule has 0 spiro atoms. The van der Waals surface area contributed by atoms with Crippen molar-refractivity contribution in [3.8, 4) is 5.75 Å². The quantitative estimate of drug-likeness (QED) is 0.705. The Morgan fingerprint density at radius 3 is 2.64 bits per heavy atom. The van der Waals surface area contributed by atoms with Crippen LogP contribution < -0.4 is 10.1 Å². The molecule has 0 saturated carbocycles. The molecule has 6 nitrogen and oxygen atoms in total. The van der Waals surface area contributed by atoms with Gasteiger partial charge in [-0.15, -0.1) is 0 Å². The summed E-state index contributed by atoms with van der Waals surface area (Å²) in [7, 11) is 0. The van der Waals surface area contributed by atoms with Crippen molar-refractivity contribution in [3.63, 3.8) is 0 Å². The zero-order valence-corrected chi connectivity index (χ0v) is 15.4. The SMILES string of the molecule is O=C(COC(=O)c1ccc(OC[C@@H]2CCCO2)cc1)NCc1ccccc1F. The predicted octanol–water partition coefficient (Wildman–Crippen LogP) is 2.86. The van der Waals surface area contributed by atoms with E-state index in [1.807, 2.05) is 0 Å². The molecule has 1 amide bonds. The molecule has 0 aromatic heterocycles. The van der Waals surface area contributed by atoms with Gasteiger partial charge in [0.1, 0.15) is 18.2 Å². The van der Waals surface area contributed by atoms with Crippen LogP contribution in [0.2, 0.25) is 0 Å². The van der Waals surface area contributed by atoms with Crippen molar-refractivity contribution in [1.82, 2.24) is 5.32 Å². The van der Waals surface area contributed by atoms with Crippen LogP contribution >= 0.6 is 0 Å². The van der Waals surface area contributed by atoms with Gasteiger partial charge >= 0.3 is 5.97 Å². The lowest BCUT2D eigenvalue weighted by atomic mass is 10.2. The van der Waals surface area contributed by atoms with E-state index in [1.54, 1.807) is 42.5 Å². The summed E-state index contributed by atoms with van der Waals surface area (Å²) in [6.07, 6.45) is 2.16. The van der Waals surface area contributed by atoms with Gasteiger partial charge in [0, 0.05) is 18.7 Å². The number of hydrogen-bond acceptors (Lipinski definition) is 5. The predicted molar refractivity (Wildman–Crippen MR) is 99.4 cm³/mol. The maximum absolute atomic E-state index is 13.5. The molecule has 28 heavy (non-hydrogen) atoms. The highest BCUT2D eigenvalue weighted by molar-refractivity contribution is 5.91. The van der Waals surface area contributed by atoms with Crippen LogP contribution in [0, 0.1) is 5.82 Å². The molecular formula is C21H22FNO5. The standard InChI is InChI=1S/C21H22FNO5/c22-19-6-2-1-4-16(19)12-23-20(24)14-28-21(25)15-7-9-17(10-8-15)27-13-18-5-3-11-26-18/h1-2,4,6-10,18H,3,5,11-14H2,(H,23,24)/t18-/m0/s1. The number of carbonyl (C=O) groups excluding carboxylic acids is 2. The lowest BCUT2D eigenvalue weighted by Gasteiger charge is -2.11. The minimum absolute atomic E-state index is 0.0276. The molecule has 1 fully saturated rings. The van der Waals surface area contributed by atoms with Crippen molar-refractivity contribution in [2.24, 2.45) is 0 Å². The smallest absolute Gasteiger partial charge is 0.338 e. The fraction of sp³-hybridized carbons (Fsp3) is 0.333. The summed E-state index contributed by atoms with van der Waals surface area (Å²) in [5.74, 6) is -0.892. The highest BCUT2D eigenvalue weighted by Crippen LogP contribution is 2.17. The van der Waals surface area contributed by atoms with Gasteiger partial charge in [0.05, 0.1) is 11.7 Å². The van der Waals surface area contributed by atoms with Crippen molar-refractivity contribution in [3.05, 3.63) is 65.5 Å². The first-order valence-corrected chi connectivity index (χ1v) is 9.13. The van der Waals surface area contributed by atoms with Crippen LogP contribution in [0.25, 0.3) is 0 Å². The third-order valence-electron chi connectivity index (χ3n) is 4.32. The molecular weight excluding hydrogens is 365 g/mol. The molecule has 1 saturated heterocycles. The third kappa shape index (κ3) is 5.79. The largest absolute Gasteiger partial charge is 0.491 e. The molecule has 0 radical (unpaired) electrons. The third-order valence-corrected chi connectivity index (χ3v) is 4.32. The number of amides is 1. The number of hydrogen-bond donors (Lipinski definition) is 1. The Balaban J connectivity index is 1.40. The van der Waals surface area contributed by atoms with Gasteiger partial charge in [0.2, 0.25) is 0 Å². The average Bonchev–Trinajstić information content (AvgIpc) is 3.24. The van der Waals surface area contributed by atoms with E-state index in [2.05, 4.69) is 5.32 Å². The van der Waals surface area contributed by atoms with Gasteiger partial charge in [-0.1, -0.05) is 18.2 Å². The molecule has 0 bridgehead atoms. The Morgan fingerprint density at radius 1 is 1.14 bits per heavy atom. The minimum atomic E-state index is -0.619. The first-order chi connectivity index (χ1) is 13.6. The second-order valence-corrected chi connectivity index (χ2v) is 6.41. The molecule has 1 N–H and O–H groups in total. The van der Waals surface area contributed by atoms with Gasteiger partial charge in [-0.25, -0.2) is 9.18 Å². The zero-order valence-electron chi connectivity index (χ0n) is 15.4. The maximum atomic E-state index is 13.5. The van der Waals surface area contributed by atoms with Gasteiger partial charge in [0.15, 0.2) is 6.61 Å². The first kappa shape index (κ1) is 19.8. The molecule has 0 aliphatic carbocycles. The van der Waals surface area contributed by atoms with Gasteiger partial charge in [-0.2, -0.15) is 0 Å². The van der Waals surface area contributed by atoms with E-state index in [1.165, 1.54) is 6.07 Å². The Hall–Kier alpha value is -2.93. The monoisotopic (exact) mass is 387 g/mol. The van der Waals surface area contributed by atoms with Crippen LogP contribution in [0.3, 0.4) is 0 Å². The molecule has 3 rings (SSSR count). The minimum Gasteiger partial charge on any atom is -0.491 e. The fourth-order valence-corrected chi connectivity index (χ4v) is 2.75. The number of carbonyl (C=O) groups is 2. The summed E-state index contributed by atoms with van der Waals surface area (Å²) in [5.41, 5.74) is 0.673. The van der Waals surface area contributed by atoms with Crippen molar-refractivity contribution in [1.29, 1.82) is 0 Å². The van der Waals surface area contributed by atoms with Gasteiger partial charge in [-0.3, -0.25) is 4.79 Å². The molecule has 0 unspecified atom stereocenters. The molecule has 148 valence electrons. The average molecular weight is 387 g/mol. The van der Waals surface area contributed by atoms with Gasteiger partial charge in [-0.05, 0) is 43.2 Å². The molecule has 1 atom stereocenters. The van der Waals surface area contributed by atoms with Gasteiger partial charge in [0.25, 0.3) is 5.91 Å².